The quantitative estimate of drug-likeness (QED) is 0.864. The molecule has 1 aliphatic heterocycles. The highest BCUT2D eigenvalue weighted by Crippen LogP contribution is 2.24. The molecule has 25 heavy (non-hydrogen) atoms. The van der Waals surface area contributed by atoms with Crippen molar-refractivity contribution in [3.8, 4) is 11.8 Å². The van der Waals surface area contributed by atoms with E-state index < -0.39 is 12.1 Å². The zero-order valence-corrected chi connectivity index (χ0v) is 13.4. The molecule has 1 atom stereocenters. The maximum atomic E-state index is 12.4. The molecule has 1 saturated heterocycles. The second-order valence-corrected chi connectivity index (χ2v) is 5.76. The number of nitrogens with zero attached hydrogens (tertiary/aromatic N) is 2. The van der Waals surface area contributed by atoms with E-state index in [1.165, 1.54) is 12.1 Å². The van der Waals surface area contributed by atoms with E-state index in [1.54, 1.807) is 41.3 Å². The molecule has 0 unspecified atom stereocenters. The minimum atomic E-state index is -0.805. The molecule has 0 aliphatic carbocycles. The Bertz CT molecular complexity index is 839. The van der Waals surface area contributed by atoms with E-state index in [0.29, 0.717) is 29.8 Å². The van der Waals surface area contributed by atoms with Gasteiger partial charge in [-0.05, 0) is 42.0 Å². The number of phenolic OH excluding ortho intramolecular Hbond substituents is 1. The van der Waals surface area contributed by atoms with E-state index >= 15 is 0 Å². The molecule has 2 aromatic carbocycles. The van der Waals surface area contributed by atoms with Crippen LogP contribution in [0.2, 0.25) is 0 Å². The number of phenols is 1. The molecule has 0 saturated carbocycles. The predicted octanol–water partition coefficient (Wildman–Crippen LogP) is 2.16. The van der Waals surface area contributed by atoms with Crippen LogP contribution in [0.4, 0.5) is 5.69 Å². The van der Waals surface area contributed by atoms with Crippen LogP contribution in [0.3, 0.4) is 0 Å². The van der Waals surface area contributed by atoms with Crippen molar-refractivity contribution in [2.45, 2.75) is 18.9 Å². The predicted molar refractivity (Wildman–Crippen MR) is 89.8 cm³/mol. The van der Waals surface area contributed by atoms with Crippen LogP contribution in [0.5, 0.6) is 5.75 Å². The monoisotopic (exact) mass is 336 g/mol. The number of carbonyl (C=O) groups excluding carboxylic acids is 2. The van der Waals surface area contributed by atoms with Crippen LogP contribution >= 0.6 is 0 Å². The minimum Gasteiger partial charge on any atom is -0.508 e. The summed E-state index contributed by atoms with van der Waals surface area (Å²) < 4.78 is 5.30. The largest absolute Gasteiger partial charge is 0.508 e. The zero-order chi connectivity index (χ0) is 17.8. The lowest BCUT2D eigenvalue weighted by Crippen LogP contribution is -2.32. The highest BCUT2D eigenvalue weighted by atomic mass is 16.5. The Hall–Kier alpha value is -3.33. The van der Waals surface area contributed by atoms with Crippen LogP contribution in [0.25, 0.3) is 0 Å². The number of nitriles is 1. The molecule has 0 radical (unpaired) electrons. The van der Waals surface area contributed by atoms with E-state index in [2.05, 4.69) is 0 Å². The SMILES string of the molecule is N#Cc1ccc(N2CC[C@H](OC(=O)Cc3cccc(O)c3)C2=O)cc1. The first kappa shape index (κ1) is 16.5. The number of esters is 1. The molecule has 1 amide bonds. The number of hydrogen-bond donors (Lipinski definition) is 1. The molecule has 1 heterocycles. The Morgan fingerprint density at radius 3 is 2.72 bits per heavy atom. The Morgan fingerprint density at radius 1 is 1.28 bits per heavy atom. The molecule has 1 aliphatic rings. The van der Waals surface area contributed by atoms with Crippen molar-refractivity contribution in [3.63, 3.8) is 0 Å². The highest BCUT2D eigenvalue weighted by Gasteiger charge is 2.35. The molecule has 126 valence electrons. The molecule has 6 heteroatoms. The molecular weight excluding hydrogens is 320 g/mol. The summed E-state index contributed by atoms with van der Waals surface area (Å²) in [6, 6.07) is 15.1. The van der Waals surface area contributed by atoms with Gasteiger partial charge in [-0.15, -0.1) is 0 Å². The number of anilines is 1. The van der Waals surface area contributed by atoms with Gasteiger partial charge in [0.25, 0.3) is 5.91 Å². The zero-order valence-electron chi connectivity index (χ0n) is 13.4. The number of rotatable bonds is 4. The first-order valence-corrected chi connectivity index (χ1v) is 7.86. The van der Waals surface area contributed by atoms with Gasteiger partial charge in [-0.3, -0.25) is 9.59 Å². The van der Waals surface area contributed by atoms with Crippen LogP contribution in [0, 0.1) is 11.3 Å². The number of hydrogen-bond acceptors (Lipinski definition) is 5. The van der Waals surface area contributed by atoms with Crippen LogP contribution in [0.15, 0.2) is 48.5 Å². The van der Waals surface area contributed by atoms with E-state index in [0.717, 1.165) is 0 Å². The first-order valence-electron chi connectivity index (χ1n) is 7.86. The van der Waals surface area contributed by atoms with E-state index in [-0.39, 0.29) is 18.1 Å². The van der Waals surface area contributed by atoms with Gasteiger partial charge in [0.1, 0.15) is 5.75 Å². The summed E-state index contributed by atoms with van der Waals surface area (Å²) in [5.74, 6) is -0.700. The molecule has 0 bridgehead atoms. The van der Waals surface area contributed by atoms with Gasteiger partial charge in [-0.2, -0.15) is 5.26 Å². The van der Waals surface area contributed by atoms with Crippen molar-refractivity contribution < 1.29 is 19.4 Å². The Balaban J connectivity index is 1.61. The van der Waals surface area contributed by atoms with E-state index in [9.17, 15) is 14.7 Å². The Morgan fingerprint density at radius 2 is 2.04 bits per heavy atom. The maximum Gasteiger partial charge on any atom is 0.311 e. The van der Waals surface area contributed by atoms with Crippen molar-refractivity contribution in [1.29, 1.82) is 5.26 Å². The van der Waals surface area contributed by atoms with Crippen molar-refractivity contribution in [2.75, 3.05) is 11.4 Å². The number of benzene rings is 2. The summed E-state index contributed by atoms with van der Waals surface area (Å²) in [5.41, 5.74) is 1.82. The van der Waals surface area contributed by atoms with E-state index in [1.807, 2.05) is 6.07 Å². The smallest absolute Gasteiger partial charge is 0.311 e. The fraction of sp³-hybridized carbons (Fsp3) is 0.211. The molecule has 0 spiro atoms. The molecular formula is C19H16N2O4. The molecule has 3 rings (SSSR count). The van der Waals surface area contributed by atoms with Crippen molar-refractivity contribution in [2.24, 2.45) is 0 Å². The Labute approximate surface area is 144 Å². The van der Waals surface area contributed by atoms with Gasteiger partial charge in [0.05, 0.1) is 18.1 Å². The van der Waals surface area contributed by atoms with Crippen molar-refractivity contribution in [1.82, 2.24) is 0 Å². The molecule has 0 aromatic heterocycles. The van der Waals surface area contributed by atoms with Crippen LogP contribution in [-0.4, -0.2) is 29.6 Å². The average Bonchev–Trinajstić information content (AvgIpc) is 2.95. The third-order valence-corrected chi connectivity index (χ3v) is 4.00. The summed E-state index contributed by atoms with van der Waals surface area (Å²) >= 11 is 0. The number of aromatic hydroxyl groups is 1. The summed E-state index contributed by atoms with van der Waals surface area (Å²) in [5, 5.41) is 18.2. The van der Waals surface area contributed by atoms with Crippen LogP contribution in [0.1, 0.15) is 17.5 Å². The highest BCUT2D eigenvalue weighted by molar-refractivity contribution is 5.99. The van der Waals surface area contributed by atoms with Gasteiger partial charge >= 0.3 is 5.97 Å². The second-order valence-electron chi connectivity index (χ2n) is 5.76. The minimum absolute atomic E-state index is 0.00491. The lowest BCUT2D eigenvalue weighted by Gasteiger charge is -2.17. The van der Waals surface area contributed by atoms with Gasteiger partial charge in [0.2, 0.25) is 0 Å². The summed E-state index contributed by atoms with van der Waals surface area (Å²) in [6.45, 7) is 0.453. The first-order chi connectivity index (χ1) is 12.1. The van der Waals surface area contributed by atoms with Gasteiger partial charge in [-0.25, -0.2) is 0 Å². The molecule has 2 aromatic rings. The molecule has 1 fully saturated rings. The number of amides is 1. The normalized spacial score (nSPS) is 16.5. The standard InChI is InChI=1S/C19H16N2O4/c20-12-13-4-6-15(7-5-13)21-9-8-17(19(21)24)25-18(23)11-14-2-1-3-16(22)10-14/h1-7,10,17,22H,8-9,11H2/t17-/m0/s1. The summed E-state index contributed by atoms with van der Waals surface area (Å²) in [4.78, 5) is 26.0. The average molecular weight is 336 g/mol. The van der Waals surface area contributed by atoms with Crippen LogP contribution in [-0.2, 0) is 20.7 Å². The number of ether oxygens (including phenoxy) is 1. The van der Waals surface area contributed by atoms with Crippen LogP contribution < -0.4 is 4.90 Å². The van der Waals surface area contributed by atoms with E-state index in [4.69, 9.17) is 10.00 Å². The number of carbonyl (C=O) groups is 2. The third kappa shape index (κ3) is 3.78. The summed E-state index contributed by atoms with van der Waals surface area (Å²) in [6.07, 6.45) is -0.389. The molecule has 1 N–H and O–H groups in total. The lowest BCUT2D eigenvalue weighted by atomic mass is 10.1. The maximum absolute atomic E-state index is 12.4. The molecule has 6 nitrogen and oxygen atoms in total. The second kappa shape index (κ2) is 7.05. The third-order valence-electron chi connectivity index (χ3n) is 4.00. The fourth-order valence-electron chi connectivity index (χ4n) is 2.77. The summed E-state index contributed by atoms with van der Waals surface area (Å²) in [7, 11) is 0. The van der Waals surface area contributed by atoms with Crippen molar-refractivity contribution in [3.05, 3.63) is 59.7 Å². The van der Waals surface area contributed by atoms with Crippen molar-refractivity contribution >= 4 is 17.6 Å². The lowest BCUT2D eigenvalue weighted by molar-refractivity contribution is -0.152. The fourth-order valence-corrected chi connectivity index (χ4v) is 2.77. The topological polar surface area (TPSA) is 90.6 Å². The van der Waals surface area contributed by atoms with Gasteiger partial charge in [0, 0.05) is 18.7 Å². The van der Waals surface area contributed by atoms with Gasteiger partial charge in [-0.1, -0.05) is 12.1 Å². The van der Waals surface area contributed by atoms with Gasteiger partial charge in [0.15, 0.2) is 6.10 Å². The Kier molecular flexibility index (Phi) is 4.66. The van der Waals surface area contributed by atoms with Gasteiger partial charge < -0.3 is 14.7 Å².